The fourth-order valence-electron chi connectivity index (χ4n) is 1.49. The van der Waals surface area contributed by atoms with Crippen LogP contribution in [-0.4, -0.2) is 4.98 Å². The molecule has 0 aliphatic rings. The summed E-state index contributed by atoms with van der Waals surface area (Å²) in [4.78, 5) is 14.6. The molecule has 0 atom stereocenters. The Hall–Kier alpha value is -1.76. The van der Waals surface area contributed by atoms with Gasteiger partial charge in [0.1, 0.15) is 11.6 Å². The molecule has 0 aliphatic carbocycles. The van der Waals surface area contributed by atoms with E-state index in [-0.39, 0.29) is 11.0 Å². The van der Waals surface area contributed by atoms with Gasteiger partial charge in [0, 0.05) is 28.0 Å². The average molecular weight is 265 g/mol. The molecule has 0 aliphatic heterocycles. The first-order chi connectivity index (χ1) is 8.11. The summed E-state index contributed by atoms with van der Waals surface area (Å²) < 4.78 is 0. The van der Waals surface area contributed by atoms with E-state index in [0.29, 0.717) is 21.2 Å². The van der Waals surface area contributed by atoms with Crippen LogP contribution in [0.25, 0.3) is 11.1 Å². The smallest absolute Gasteiger partial charge is 0.207 e. The number of hydrogen-bond acceptors (Lipinski definition) is 2. The number of H-pyrrole nitrogens is 1. The molecule has 3 nitrogen and oxygen atoms in total. The normalized spacial score (nSPS) is 9.94. The van der Waals surface area contributed by atoms with Gasteiger partial charge in [-0.2, -0.15) is 5.26 Å². The lowest BCUT2D eigenvalue weighted by Crippen LogP contribution is -2.09. The predicted molar refractivity (Wildman–Crippen MR) is 67.2 cm³/mol. The van der Waals surface area contributed by atoms with Crippen molar-refractivity contribution in [3.8, 4) is 17.2 Å². The molecule has 0 unspecified atom stereocenters. The Labute approximate surface area is 107 Å². The zero-order valence-corrected chi connectivity index (χ0v) is 10.0. The summed E-state index contributed by atoms with van der Waals surface area (Å²) in [6, 6.07) is 6.65. The summed E-state index contributed by atoms with van der Waals surface area (Å²) in [5.41, 5.74) is 0.664. The number of nitrogens with one attached hydrogen (secondary N) is 1. The molecule has 1 N–H and O–H groups in total. The maximum atomic E-state index is 11.9. The van der Waals surface area contributed by atoms with E-state index in [4.69, 9.17) is 28.5 Å². The molecule has 84 valence electrons. The van der Waals surface area contributed by atoms with Crippen LogP contribution >= 0.6 is 23.2 Å². The van der Waals surface area contributed by atoms with Crippen molar-refractivity contribution in [2.24, 2.45) is 0 Å². The molecule has 17 heavy (non-hydrogen) atoms. The average Bonchev–Trinajstić information content (AvgIpc) is 2.28. The number of halogens is 2. The third kappa shape index (κ3) is 2.33. The van der Waals surface area contributed by atoms with Gasteiger partial charge in [0.2, 0.25) is 5.43 Å². The lowest BCUT2D eigenvalue weighted by atomic mass is 10.1. The van der Waals surface area contributed by atoms with Crippen LogP contribution in [0.1, 0.15) is 5.56 Å². The van der Waals surface area contributed by atoms with Crippen molar-refractivity contribution in [1.82, 2.24) is 4.98 Å². The molecule has 0 fully saturated rings. The van der Waals surface area contributed by atoms with Crippen molar-refractivity contribution >= 4 is 23.2 Å². The van der Waals surface area contributed by atoms with E-state index >= 15 is 0 Å². The summed E-state index contributed by atoms with van der Waals surface area (Å²) in [5.74, 6) is 0. The van der Waals surface area contributed by atoms with Gasteiger partial charge < -0.3 is 4.98 Å². The van der Waals surface area contributed by atoms with Crippen molar-refractivity contribution in [3.63, 3.8) is 0 Å². The van der Waals surface area contributed by atoms with Gasteiger partial charge in [-0.05, 0) is 23.8 Å². The molecule has 0 radical (unpaired) electrons. The molecule has 1 heterocycles. The van der Waals surface area contributed by atoms with Crippen LogP contribution in [0.4, 0.5) is 0 Å². The summed E-state index contributed by atoms with van der Waals surface area (Å²) in [5, 5.41) is 9.66. The minimum Gasteiger partial charge on any atom is -0.366 e. The first-order valence-electron chi connectivity index (χ1n) is 4.69. The second-order valence-electron chi connectivity index (χ2n) is 3.38. The van der Waals surface area contributed by atoms with Gasteiger partial charge in [0.25, 0.3) is 0 Å². The van der Waals surface area contributed by atoms with E-state index in [1.54, 1.807) is 18.2 Å². The highest BCUT2D eigenvalue weighted by Crippen LogP contribution is 2.25. The van der Waals surface area contributed by atoms with Crippen LogP contribution in [0.15, 0.2) is 35.4 Å². The van der Waals surface area contributed by atoms with E-state index in [9.17, 15) is 4.79 Å². The highest BCUT2D eigenvalue weighted by atomic mass is 35.5. The Morgan fingerprint density at radius 2 is 1.76 bits per heavy atom. The van der Waals surface area contributed by atoms with Crippen molar-refractivity contribution in [2.75, 3.05) is 0 Å². The molecule has 0 bridgehead atoms. The largest absolute Gasteiger partial charge is 0.366 e. The number of nitrogens with zero attached hydrogens (tertiary/aromatic N) is 1. The fourth-order valence-corrected chi connectivity index (χ4v) is 2.02. The number of aromatic nitrogens is 1. The Morgan fingerprint density at radius 1 is 1.12 bits per heavy atom. The van der Waals surface area contributed by atoms with Crippen LogP contribution in [-0.2, 0) is 0 Å². The van der Waals surface area contributed by atoms with E-state index in [1.165, 1.54) is 12.4 Å². The molecular weight excluding hydrogens is 259 g/mol. The van der Waals surface area contributed by atoms with Gasteiger partial charge >= 0.3 is 0 Å². The second-order valence-corrected chi connectivity index (χ2v) is 4.25. The molecular formula is C12H6Cl2N2O. The topological polar surface area (TPSA) is 56.6 Å². The monoisotopic (exact) mass is 264 g/mol. The number of rotatable bonds is 1. The predicted octanol–water partition coefficient (Wildman–Crippen LogP) is 3.22. The number of pyridine rings is 1. The van der Waals surface area contributed by atoms with Gasteiger partial charge in [-0.3, -0.25) is 4.79 Å². The molecule has 0 spiro atoms. The third-order valence-corrected chi connectivity index (χ3v) is 2.68. The SMILES string of the molecule is N#Cc1c[nH]cc(-c2cc(Cl)cc(Cl)c2)c1=O. The van der Waals surface area contributed by atoms with Crippen molar-refractivity contribution in [3.05, 3.63) is 56.4 Å². The van der Waals surface area contributed by atoms with E-state index in [2.05, 4.69) is 4.98 Å². The van der Waals surface area contributed by atoms with E-state index < -0.39 is 0 Å². The Kier molecular flexibility index (Phi) is 3.19. The summed E-state index contributed by atoms with van der Waals surface area (Å²) in [7, 11) is 0. The maximum absolute atomic E-state index is 11.9. The Bertz CT molecular complexity index is 651. The van der Waals surface area contributed by atoms with Crippen LogP contribution < -0.4 is 5.43 Å². The first-order valence-corrected chi connectivity index (χ1v) is 5.45. The summed E-state index contributed by atoms with van der Waals surface area (Å²) in [6.07, 6.45) is 2.88. The highest BCUT2D eigenvalue weighted by molar-refractivity contribution is 6.35. The number of benzene rings is 1. The maximum Gasteiger partial charge on any atom is 0.207 e. The molecule has 1 aromatic carbocycles. The highest BCUT2D eigenvalue weighted by Gasteiger charge is 2.08. The summed E-state index contributed by atoms with van der Waals surface area (Å²) in [6.45, 7) is 0. The molecule has 1 aromatic heterocycles. The molecule has 2 aromatic rings. The number of nitriles is 1. The lowest BCUT2D eigenvalue weighted by molar-refractivity contribution is 1.27. The van der Waals surface area contributed by atoms with E-state index in [0.717, 1.165) is 0 Å². The minimum absolute atomic E-state index is 0.0543. The molecule has 5 heteroatoms. The van der Waals surface area contributed by atoms with Gasteiger partial charge in [-0.25, -0.2) is 0 Å². The minimum atomic E-state index is -0.343. The Morgan fingerprint density at radius 3 is 2.35 bits per heavy atom. The number of aromatic amines is 1. The van der Waals surface area contributed by atoms with Crippen molar-refractivity contribution in [1.29, 1.82) is 5.26 Å². The standard InChI is InChI=1S/C12H6Cl2N2O/c13-9-1-7(2-10(14)3-9)11-6-16-5-8(4-15)12(11)17/h1-3,5-6H,(H,16,17). The third-order valence-electron chi connectivity index (χ3n) is 2.24. The number of hydrogen-bond donors (Lipinski definition) is 1. The Balaban J connectivity index is 2.70. The van der Waals surface area contributed by atoms with Crippen LogP contribution in [0.3, 0.4) is 0 Å². The zero-order chi connectivity index (χ0) is 12.4. The summed E-state index contributed by atoms with van der Waals surface area (Å²) >= 11 is 11.7. The zero-order valence-electron chi connectivity index (χ0n) is 8.50. The quantitative estimate of drug-likeness (QED) is 0.860. The van der Waals surface area contributed by atoms with Crippen LogP contribution in [0.2, 0.25) is 10.0 Å². The first kappa shape index (κ1) is 11.7. The van der Waals surface area contributed by atoms with Crippen LogP contribution in [0.5, 0.6) is 0 Å². The van der Waals surface area contributed by atoms with Gasteiger partial charge in [-0.1, -0.05) is 23.2 Å². The molecule has 0 amide bonds. The van der Waals surface area contributed by atoms with E-state index in [1.807, 2.05) is 6.07 Å². The van der Waals surface area contributed by atoms with Crippen molar-refractivity contribution in [2.45, 2.75) is 0 Å². The van der Waals surface area contributed by atoms with Crippen molar-refractivity contribution < 1.29 is 0 Å². The van der Waals surface area contributed by atoms with Crippen LogP contribution in [0, 0.1) is 11.3 Å². The second kappa shape index (κ2) is 4.62. The molecule has 0 saturated heterocycles. The lowest BCUT2D eigenvalue weighted by Gasteiger charge is -2.02. The van der Waals surface area contributed by atoms with Gasteiger partial charge in [0.05, 0.1) is 0 Å². The molecule has 2 rings (SSSR count). The van der Waals surface area contributed by atoms with Gasteiger partial charge in [-0.15, -0.1) is 0 Å². The fraction of sp³-hybridized carbons (Fsp3) is 0. The molecule has 0 saturated carbocycles. The van der Waals surface area contributed by atoms with Gasteiger partial charge in [0.15, 0.2) is 0 Å².